The van der Waals surface area contributed by atoms with Crippen molar-refractivity contribution in [3.8, 4) is 12.3 Å². The van der Waals surface area contributed by atoms with Crippen molar-refractivity contribution < 1.29 is 4.79 Å². The largest absolute Gasteiger partial charge is 0.302 e. The molecule has 0 aliphatic heterocycles. The highest BCUT2D eigenvalue weighted by atomic mass is 16.1. The highest BCUT2D eigenvalue weighted by Gasteiger charge is 2.31. The van der Waals surface area contributed by atoms with Gasteiger partial charge in [0.05, 0.1) is 6.04 Å². The van der Waals surface area contributed by atoms with E-state index >= 15 is 0 Å². The van der Waals surface area contributed by atoms with Gasteiger partial charge in [0, 0.05) is 17.4 Å². The molecule has 0 heterocycles. The van der Waals surface area contributed by atoms with Gasteiger partial charge in [-0.05, 0) is 20.8 Å². The van der Waals surface area contributed by atoms with Crippen LogP contribution in [-0.4, -0.2) is 17.4 Å². The van der Waals surface area contributed by atoms with Crippen molar-refractivity contribution in [1.29, 1.82) is 0 Å². The zero-order valence-electron chi connectivity index (χ0n) is 10.8. The molecule has 86 valence electrons. The van der Waals surface area contributed by atoms with Crippen LogP contribution in [0, 0.1) is 17.8 Å². The van der Waals surface area contributed by atoms with Crippen molar-refractivity contribution in [2.75, 3.05) is 0 Å². The van der Waals surface area contributed by atoms with Gasteiger partial charge >= 0.3 is 0 Å². The lowest BCUT2D eigenvalue weighted by Gasteiger charge is -2.30. The first-order valence-electron chi connectivity index (χ1n) is 5.33. The quantitative estimate of drug-likeness (QED) is 0.723. The minimum Gasteiger partial charge on any atom is -0.302 e. The van der Waals surface area contributed by atoms with Gasteiger partial charge in [-0.2, -0.15) is 0 Å². The molecule has 0 spiro atoms. The summed E-state index contributed by atoms with van der Waals surface area (Å²) >= 11 is 0. The van der Waals surface area contributed by atoms with E-state index in [2.05, 4.69) is 11.2 Å². The molecule has 0 saturated carbocycles. The van der Waals surface area contributed by atoms with Gasteiger partial charge in [0.15, 0.2) is 5.78 Å². The molecule has 1 N–H and O–H groups in total. The fourth-order valence-electron chi connectivity index (χ4n) is 1.37. The number of ketones is 1. The summed E-state index contributed by atoms with van der Waals surface area (Å²) in [6, 6.07) is -0.241. The molecule has 0 aliphatic rings. The van der Waals surface area contributed by atoms with Crippen LogP contribution in [0.25, 0.3) is 0 Å². The molecular weight excluding hydrogens is 186 g/mol. The van der Waals surface area contributed by atoms with E-state index in [0.717, 1.165) is 0 Å². The van der Waals surface area contributed by atoms with Gasteiger partial charge in [-0.15, -0.1) is 12.3 Å². The number of carbonyl (C=O) groups excluding carboxylic acids is 1. The predicted octanol–water partition coefficient (Wildman–Crippen LogP) is 2.38. The fourth-order valence-corrected chi connectivity index (χ4v) is 1.37. The van der Waals surface area contributed by atoms with E-state index < -0.39 is 0 Å². The highest BCUT2D eigenvalue weighted by Crippen LogP contribution is 2.19. The average Bonchev–Trinajstić information content (AvgIpc) is 1.98. The van der Waals surface area contributed by atoms with Crippen LogP contribution in [0.2, 0.25) is 0 Å². The van der Waals surface area contributed by atoms with Crippen molar-refractivity contribution in [1.82, 2.24) is 5.32 Å². The first kappa shape index (κ1) is 14.2. The Labute approximate surface area is 93.8 Å². The number of Topliss-reactive ketones (excluding diaryl/α,β-unsaturated/α-hetero) is 1. The monoisotopic (exact) mass is 209 g/mol. The third kappa shape index (κ3) is 5.59. The van der Waals surface area contributed by atoms with E-state index in [9.17, 15) is 4.79 Å². The maximum Gasteiger partial charge on any atom is 0.156 e. The van der Waals surface area contributed by atoms with Crippen LogP contribution in [0.3, 0.4) is 0 Å². The van der Waals surface area contributed by atoms with Crippen molar-refractivity contribution >= 4 is 5.78 Å². The van der Waals surface area contributed by atoms with E-state index in [1.807, 2.05) is 41.5 Å². The van der Waals surface area contributed by atoms with Crippen LogP contribution in [0.4, 0.5) is 0 Å². The van der Waals surface area contributed by atoms with Crippen molar-refractivity contribution in [2.24, 2.45) is 5.41 Å². The van der Waals surface area contributed by atoms with E-state index in [0.29, 0.717) is 6.42 Å². The zero-order chi connectivity index (χ0) is 12.3. The summed E-state index contributed by atoms with van der Waals surface area (Å²) in [6.45, 7) is 11.9. The maximum absolute atomic E-state index is 12.1. The Balaban J connectivity index is 4.70. The SMILES string of the molecule is C#CCC(NC(C)(C)C)C(=O)C(C)(C)C. The summed E-state index contributed by atoms with van der Waals surface area (Å²) in [4.78, 5) is 12.1. The molecule has 0 radical (unpaired) electrons. The summed E-state index contributed by atoms with van der Waals surface area (Å²) in [5, 5.41) is 3.27. The van der Waals surface area contributed by atoms with E-state index in [-0.39, 0.29) is 22.8 Å². The smallest absolute Gasteiger partial charge is 0.156 e. The van der Waals surface area contributed by atoms with Crippen LogP contribution < -0.4 is 5.32 Å². The Morgan fingerprint density at radius 3 is 2.00 bits per heavy atom. The van der Waals surface area contributed by atoms with Crippen molar-refractivity contribution in [3.05, 3.63) is 0 Å². The minimum absolute atomic E-state index is 0.0948. The Morgan fingerprint density at radius 2 is 1.73 bits per heavy atom. The minimum atomic E-state index is -0.347. The third-order valence-electron chi connectivity index (χ3n) is 1.98. The molecular formula is C13H23NO. The van der Waals surface area contributed by atoms with Gasteiger partial charge in [0.25, 0.3) is 0 Å². The molecule has 0 saturated heterocycles. The molecule has 0 aromatic carbocycles. The maximum atomic E-state index is 12.1. The first-order valence-corrected chi connectivity index (χ1v) is 5.33. The topological polar surface area (TPSA) is 29.1 Å². The van der Waals surface area contributed by atoms with Crippen LogP contribution >= 0.6 is 0 Å². The number of hydrogen-bond acceptors (Lipinski definition) is 2. The van der Waals surface area contributed by atoms with Crippen molar-refractivity contribution in [3.63, 3.8) is 0 Å². The summed E-state index contributed by atoms with van der Waals surface area (Å²) < 4.78 is 0. The lowest BCUT2D eigenvalue weighted by molar-refractivity contribution is -0.128. The number of hydrogen-bond donors (Lipinski definition) is 1. The lowest BCUT2D eigenvalue weighted by Crippen LogP contribution is -2.50. The molecule has 2 nitrogen and oxygen atoms in total. The molecule has 0 aromatic rings. The van der Waals surface area contributed by atoms with Gasteiger partial charge in [-0.25, -0.2) is 0 Å². The molecule has 0 amide bonds. The van der Waals surface area contributed by atoms with E-state index in [4.69, 9.17) is 6.42 Å². The summed E-state index contributed by atoms with van der Waals surface area (Å²) in [5.41, 5.74) is -0.442. The number of carbonyl (C=O) groups is 1. The molecule has 0 aliphatic carbocycles. The first-order chi connectivity index (χ1) is 6.58. The number of rotatable bonds is 3. The molecule has 0 aromatic heterocycles. The molecule has 1 atom stereocenters. The van der Waals surface area contributed by atoms with Gasteiger partial charge < -0.3 is 5.32 Å². The fraction of sp³-hybridized carbons (Fsp3) is 0.769. The number of nitrogens with one attached hydrogen (secondary N) is 1. The van der Waals surface area contributed by atoms with Gasteiger partial charge in [0.1, 0.15) is 0 Å². The third-order valence-corrected chi connectivity index (χ3v) is 1.98. The van der Waals surface area contributed by atoms with E-state index in [1.54, 1.807) is 0 Å². The molecule has 1 unspecified atom stereocenters. The second-order valence-corrected chi connectivity index (χ2v) is 5.97. The normalized spacial score (nSPS) is 14.5. The molecule has 0 bridgehead atoms. The average molecular weight is 209 g/mol. The van der Waals surface area contributed by atoms with Crippen LogP contribution in [0.5, 0.6) is 0 Å². The standard InChI is InChI=1S/C13H23NO/c1-8-9-10(14-13(5,6)7)11(15)12(2,3)4/h1,10,14H,9H2,2-7H3. The Hall–Kier alpha value is -0.810. The second kappa shape index (κ2) is 4.81. The lowest BCUT2D eigenvalue weighted by atomic mass is 9.84. The Bertz CT molecular complexity index is 260. The predicted molar refractivity (Wildman–Crippen MR) is 64.6 cm³/mol. The van der Waals surface area contributed by atoms with Gasteiger partial charge in [0.2, 0.25) is 0 Å². The number of terminal acetylenes is 1. The van der Waals surface area contributed by atoms with Crippen LogP contribution in [-0.2, 0) is 4.79 Å². The van der Waals surface area contributed by atoms with Crippen LogP contribution in [0.15, 0.2) is 0 Å². The summed E-state index contributed by atoms with van der Waals surface area (Å²) in [7, 11) is 0. The Morgan fingerprint density at radius 1 is 1.27 bits per heavy atom. The Kier molecular flexibility index (Phi) is 4.55. The zero-order valence-corrected chi connectivity index (χ0v) is 10.8. The molecule has 0 rings (SSSR count). The van der Waals surface area contributed by atoms with Gasteiger partial charge in [-0.1, -0.05) is 20.8 Å². The summed E-state index contributed by atoms with van der Waals surface area (Å²) in [5.74, 6) is 2.74. The summed E-state index contributed by atoms with van der Waals surface area (Å²) in [6.07, 6.45) is 5.74. The molecule has 2 heteroatoms. The highest BCUT2D eigenvalue weighted by molar-refractivity contribution is 5.89. The molecule has 0 fully saturated rings. The van der Waals surface area contributed by atoms with Crippen LogP contribution in [0.1, 0.15) is 48.0 Å². The van der Waals surface area contributed by atoms with Crippen molar-refractivity contribution in [2.45, 2.75) is 59.5 Å². The van der Waals surface area contributed by atoms with Gasteiger partial charge in [-0.3, -0.25) is 4.79 Å². The second-order valence-electron chi connectivity index (χ2n) is 5.97. The van der Waals surface area contributed by atoms with E-state index in [1.165, 1.54) is 0 Å². The molecule has 15 heavy (non-hydrogen) atoms.